The Kier molecular flexibility index (Phi) is 5.72. The van der Waals surface area contributed by atoms with Gasteiger partial charge in [-0.1, -0.05) is 17.7 Å². The molecule has 202 valence electrons. The number of carbonyl (C=O) groups is 1. The van der Waals surface area contributed by atoms with Gasteiger partial charge in [0.25, 0.3) is 0 Å². The Hall–Kier alpha value is -4.47. The zero-order valence-corrected chi connectivity index (χ0v) is 21.7. The van der Waals surface area contributed by atoms with Gasteiger partial charge in [-0.05, 0) is 62.6 Å². The lowest BCUT2D eigenvalue weighted by Gasteiger charge is -2.47. The highest BCUT2D eigenvalue weighted by atomic mass is 19.1. The molecule has 3 aliphatic rings. The van der Waals surface area contributed by atoms with E-state index in [4.69, 9.17) is 4.98 Å². The van der Waals surface area contributed by atoms with Crippen LogP contribution < -0.4 is 5.32 Å². The van der Waals surface area contributed by atoms with Gasteiger partial charge in [-0.3, -0.25) is 4.79 Å². The fourth-order valence-corrected chi connectivity index (χ4v) is 6.62. The Bertz CT molecular complexity index is 1780. The van der Waals surface area contributed by atoms with Crippen LogP contribution in [-0.4, -0.2) is 41.6 Å². The molecule has 0 amide bonds. The van der Waals surface area contributed by atoms with Crippen molar-refractivity contribution in [3.63, 3.8) is 0 Å². The average Bonchev–Trinajstić information content (AvgIpc) is 3.33. The second kappa shape index (κ2) is 9.32. The van der Waals surface area contributed by atoms with E-state index in [-0.39, 0.29) is 29.2 Å². The van der Waals surface area contributed by atoms with E-state index in [9.17, 15) is 14.3 Å². The Morgan fingerprint density at radius 2 is 1.73 bits per heavy atom. The third kappa shape index (κ3) is 3.97. The number of aromatic nitrogens is 5. The van der Waals surface area contributed by atoms with Gasteiger partial charge in [-0.25, -0.2) is 28.7 Å². The van der Waals surface area contributed by atoms with E-state index in [1.54, 1.807) is 10.8 Å². The molecule has 0 saturated heterocycles. The number of hydrogen-bond acceptors (Lipinski definition) is 6. The summed E-state index contributed by atoms with van der Waals surface area (Å²) in [6.45, 7) is 1.96. The van der Waals surface area contributed by atoms with E-state index in [0.717, 1.165) is 37.3 Å². The molecular weight excluding hydrogens is 514 g/mol. The van der Waals surface area contributed by atoms with Gasteiger partial charge < -0.3 is 15.0 Å². The van der Waals surface area contributed by atoms with E-state index in [1.807, 2.05) is 31.2 Å². The minimum Gasteiger partial charge on any atom is -0.481 e. The highest BCUT2D eigenvalue weighted by Gasteiger charge is 2.47. The minimum atomic E-state index is -0.816. The fraction of sp³-hybridized carbons (Fsp3) is 0.300. The number of halogens is 2. The van der Waals surface area contributed by atoms with Crippen LogP contribution in [-0.2, 0) is 4.79 Å². The van der Waals surface area contributed by atoms with Gasteiger partial charge in [0.15, 0.2) is 23.1 Å². The lowest BCUT2D eigenvalue weighted by molar-refractivity contribution is -0.148. The number of anilines is 1. The van der Waals surface area contributed by atoms with Crippen LogP contribution >= 0.6 is 0 Å². The quantitative estimate of drug-likeness (QED) is 0.285. The summed E-state index contributed by atoms with van der Waals surface area (Å²) in [7, 11) is 0. The number of benzene rings is 2. The van der Waals surface area contributed by atoms with Crippen molar-refractivity contribution < 1.29 is 18.7 Å². The van der Waals surface area contributed by atoms with Crippen LogP contribution in [0.3, 0.4) is 0 Å². The molecule has 0 radical (unpaired) electrons. The lowest BCUT2D eigenvalue weighted by atomic mass is 9.61. The Morgan fingerprint density at radius 1 is 1.00 bits per heavy atom. The highest BCUT2D eigenvalue weighted by molar-refractivity contribution is 5.97. The predicted octanol–water partition coefficient (Wildman–Crippen LogP) is 5.92. The van der Waals surface area contributed by atoms with Crippen LogP contribution in [0.5, 0.6) is 0 Å². The summed E-state index contributed by atoms with van der Waals surface area (Å²) in [5, 5.41) is 13.8. The number of rotatable bonds is 5. The fourth-order valence-electron chi connectivity index (χ4n) is 6.62. The first-order valence-electron chi connectivity index (χ1n) is 13.4. The van der Waals surface area contributed by atoms with E-state index in [2.05, 4.69) is 20.3 Å². The molecule has 2 bridgehead atoms. The molecule has 3 aromatic heterocycles. The van der Waals surface area contributed by atoms with Gasteiger partial charge in [0, 0.05) is 47.3 Å². The first-order chi connectivity index (χ1) is 19.4. The second-order valence-electron chi connectivity index (χ2n) is 10.9. The maximum atomic E-state index is 15.3. The molecule has 5 aromatic rings. The van der Waals surface area contributed by atoms with Crippen molar-refractivity contribution in [1.82, 2.24) is 24.5 Å². The largest absolute Gasteiger partial charge is 0.481 e. The molecule has 3 heterocycles. The Labute approximate surface area is 228 Å². The maximum absolute atomic E-state index is 15.3. The number of carboxylic acid groups (broad SMARTS) is 1. The molecule has 2 aromatic carbocycles. The summed E-state index contributed by atoms with van der Waals surface area (Å²) in [5.41, 5.74) is 3.09. The predicted molar refractivity (Wildman–Crippen MR) is 146 cm³/mol. The van der Waals surface area contributed by atoms with Crippen molar-refractivity contribution in [3.8, 4) is 17.1 Å². The monoisotopic (exact) mass is 540 g/mol. The molecule has 8 nitrogen and oxygen atoms in total. The zero-order chi connectivity index (χ0) is 27.5. The summed E-state index contributed by atoms with van der Waals surface area (Å²) >= 11 is 0. The second-order valence-corrected chi connectivity index (χ2v) is 10.9. The van der Waals surface area contributed by atoms with E-state index < -0.39 is 23.5 Å². The van der Waals surface area contributed by atoms with Crippen LogP contribution in [0.1, 0.15) is 31.2 Å². The molecule has 3 aliphatic carbocycles. The standard InChI is InChI=1S/C30H26F2N6O2/c1-15-2-8-19(9-3-15)38-14-21(20-12-18(31)13-22(32)26(20)38)27-36-28-25(33-10-11-34-28)29(37-27)35-24-17-6-4-16(5-7-17)23(24)30(39)40/h2-3,8-14,16-17,23-24H,4-7H2,1H3,(H,39,40)(H,34,35,36,37). The number of hydrogen-bond donors (Lipinski definition) is 2. The molecule has 8 rings (SSSR count). The Balaban J connectivity index is 1.41. The molecular formula is C30H26F2N6O2. The van der Waals surface area contributed by atoms with Crippen molar-refractivity contribution in [2.75, 3.05) is 5.32 Å². The van der Waals surface area contributed by atoms with Gasteiger partial charge >= 0.3 is 5.97 Å². The smallest absolute Gasteiger partial charge is 0.308 e. The van der Waals surface area contributed by atoms with Gasteiger partial charge in [0.1, 0.15) is 11.3 Å². The van der Waals surface area contributed by atoms with Crippen LogP contribution in [0.2, 0.25) is 0 Å². The molecule has 3 fully saturated rings. The molecule has 2 atom stereocenters. The lowest BCUT2D eigenvalue weighted by Crippen LogP contribution is -2.51. The minimum absolute atomic E-state index is 0.108. The number of aliphatic carboxylic acids is 1. The number of carboxylic acids is 1. The molecule has 40 heavy (non-hydrogen) atoms. The van der Waals surface area contributed by atoms with Gasteiger partial charge in [-0.15, -0.1) is 0 Å². The van der Waals surface area contributed by atoms with E-state index >= 15 is 4.39 Å². The molecule has 0 aliphatic heterocycles. The normalized spacial score (nSPS) is 22.2. The third-order valence-corrected chi connectivity index (χ3v) is 8.51. The molecule has 10 heteroatoms. The maximum Gasteiger partial charge on any atom is 0.308 e. The summed E-state index contributed by atoms with van der Waals surface area (Å²) in [6.07, 6.45) is 8.47. The number of fused-ring (bicyclic) bond motifs is 5. The van der Waals surface area contributed by atoms with E-state index in [0.29, 0.717) is 33.6 Å². The van der Waals surface area contributed by atoms with Crippen LogP contribution in [0, 0.1) is 36.3 Å². The third-order valence-electron chi connectivity index (χ3n) is 8.51. The van der Waals surface area contributed by atoms with Crippen molar-refractivity contribution in [2.24, 2.45) is 17.8 Å². The molecule has 0 spiro atoms. The van der Waals surface area contributed by atoms with E-state index in [1.165, 1.54) is 18.5 Å². The van der Waals surface area contributed by atoms with Crippen LogP contribution in [0.15, 0.2) is 55.0 Å². The SMILES string of the molecule is Cc1ccc(-n2cc(-c3nc(NC4C5CCC(CC5)C4C(=O)O)c4nccnc4n3)c3cc(F)cc(F)c32)cc1. The van der Waals surface area contributed by atoms with Crippen LogP contribution in [0.4, 0.5) is 14.6 Å². The molecule has 2 N–H and O–H groups in total. The summed E-state index contributed by atoms with van der Waals surface area (Å²) in [4.78, 5) is 30.6. The summed E-state index contributed by atoms with van der Waals surface area (Å²) < 4.78 is 31.4. The topological polar surface area (TPSA) is 106 Å². The van der Waals surface area contributed by atoms with Crippen molar-refractivity contribution in [1.29, 1.82) is 0 Å². The average molecular weight is 541 g/mol. The first kappa shape index (κ1) is 24.6. The number of nitrogens with zero attached hydrogens (tertiary/aromatic N) is 5. The number of nitrogens with one attached hydrogen (secondary N) is 1. The molecule has 2 unspecified atom stereocenters. The highest BCUT2D eigenvalue weighted by Crippen LogP contribution is 2.46. The Morgan fingerprint density at radius 3 is 2.48 bits per heavy atom. The van der Waals surface area contributed by atoms with Crippen LogP contribution in [0.25, 0.3) is 39.1 Å². The van der Waals surface area contributed by atoms with Gasteiger partial charge in [0.05, 0.1) is 11.4 Å². The number of aryl methyl sites for hydroxylation is 1. The zero-order valence-electron chi connectivity index (χ0n) is 21.7. The summed E-state index contributed by atoms with van der Waals surface area (Å²) in [6, 6.07) is 9.39. The van der Waals surface area contributed by atoms with Crippen molar-refractivity contribution in [3.05, 3.63) is 72.2 Å². The van der Waals surface area contributed by atoms with Crippen molar-refractivity contribution in [2.45, 2.75) is 38.6 Å². The van der Waals surface area contributed by atoms with Crippen molar-refractivity contribution >= 4 is 33.9 Å². The summed E-state index contributed by atoms with van der Waals surface area (Å²) in [5.74, 6) is -1.89. The van der Waals surface area contributed by atoms with Gasteiger partial charge in [-0.2, -0.15) is 0 Å². The van der Waals surface area contributed by atoms with Gasteiger partial charge in [0.2, 0.25) is 0 Å². The molecule has 3 saturated carbocycles. The first-order valence-corrected chi connectivity index (χ1v) is 13.4.